The van der Waals surface area contributed by atoms with Gasteiger partial charge < -0.3 is 0 Å². The Kier molecular flexibility index (Phi) is 5.57. The molecule has 1 aliphatic rings. The molecule has 152 valence electrons. The lowest BCUT2D eigenvalue weighted by atomic mass is 10.2. The lowest BCUT2D eigenvalue weighted by Gasteiger charge is -2.23. The molecule has 1 saturated heterocycles. The van der Waals surface area contributed by atoms with Crippen LogP contribution < -0.4 is 0 Å². The van der Waals surface area contributed by atoms with Crippen LogP contribution in [0.2, 0.25) is 0 Å². The zero-order chi connectivity index (χ0) is 20.3. The van der Waals surface area contributed by atoms with E-state index in [4.69, 9.17) is 17.3 Å². The van der Waals surface area contributed by atoms with Gasteiger partial charge in [0.1, 0.15) is 0 Å². The molecule has 7 heteroatoms. The predicted molar refractivity (Wildman–Crippen MR) is 123 cm³/mol. The Morgan fingerprint density at radius 3 is 2.63 bits per heavy atom. The van der Waals surface area contributed by atoms with Gasteiger partial charge in [0.15, 0.2) is 10.6 Å². The summed E-state index contributed by atoms with van der Waals surface area (Å²) in [4.78, 5) is 8.08. The Bertz CT molecular complexity index is 1150. The van der Waals surface area contributed by atoms with E-state index in [2.05, 4.69) is 56.2 Å². The number of likely N-dealkylation sites (tertiary alicyclic amines) is 1. The van der Waals surface area contributed by atoms with Gasteiger partial charge in [0.25, 0.3) is 0 Å². The van der Waals surface area contributed by atoms with E-state index >= 15 is 0 Å². The number of benzene rings is 1. The fourth-order valence-electron chi connectivity index (χ4n) is 4.13. The molecule has 5 rings (SSSR count). The minimum atomic E-state index is 0.454. The Morgan fingerprint density at radius 1 is 1.03 bits per heavy atom. The average Bonchev–Trinajstić information content (AvgIpc) is 3.53. The van der Waals surface area contributed by atoms with Gasteiger partial charge in [-0.2, -0.15) is 5.10 Å². The van der Waals surface area contributed by atoms with E-state index in [0.717, 1.165) is 22.7 Å². The summed E-state index contributed by atoms with van der Waals surface area (Å²) in [6, 6.07) is 19.2. The van der Waals surface area contributed by atoms with E-state index in [1.54, 1.807) is 12.4 Å². The van der Waals surface area contributed by atoms with Crippen molar-refractivity contribution in [1.29, 1.82) is 0 Å². The standard InChI is InChI=1S/C23H23N5S2/c29-23-27(16-18-6-2-1-3-7-18)22(19-10-12-24-13-11-19)25-28(23)17-26-14-4-8-20(26)21-9-5-15-30-21/h1-3,5-7,9-13,15,20H,4,8,14,16-17H2. The van der Waals surface area contributed by atoms with Crippen LogP contribution in [0.4, 0.5) is 0 Å². The second-order valence-electron chi connectivity index (χ2n) is 7.54. The van der Waals surface area contributed by atoms with Crippen molar-refractivity contribution in [2.75, 3.05) is 6.54 Å². The maximum atomic E-state index is 5.91. The lowest BCUT2D eigenvalue weighted by molar-refractivity contribution is 0.192. The molecule has 4 heterocycles. The van der Waals surface area contributed by atoms with Gasteiger partial charge in [0.2, 0.25) is 0 Å². The molecule has 0 saturated carbocycles. The molecule has 0 amide bonds. The summed E-state index contributed by atoms with van der Waals surface area (Å²) in [5, 5.41) is 7.13. The molecule has 0 spiro atoms. The third kappa shape index (κ3) is 3.88. The number of thiophene rings is 1. The van der Waals surface area contributed by atoms with Gasteiger partial charge in [-0.05, 0) is 54.2 Å². The SMILES string of the molecule is S=c1n(CN2CCCC2c2cccs2)nc(-c2ccncc2)n1Cc1ccccc1. The molecular formula is C23H23N5S2. The second-order valence-corrected chi connectivity index (χ2v) is 8.88. The molecule has 1 atom stereocenters. The zero-order valence-corrected chi connectivity index (χ0v) is 18.2. The van der Waals surface area contributed by atoms with E-state index in [1.165, 1.54) is 23.3 Å². The van der Waals surface area contributed by atoms with Crippen LogP contribution in [0.3, 0.4) is 0 Å². The fraction of sp³-hybridized carbons (Fsp3) is 0.261. The normalized spacial score (nSPS) is 16.9. The van der Waals surface area contributed by atoms with Crippen molar-refractivity contribution in [2.24, 2.45) is 0 Å². The number of pyridine rings is 1. The summed E-state index contributed by atoms with van der Waals surface area (Å²) < 4.78 is 4.87. The highest BCUT2D eigenvalue weighted by Crippen LogP contribution is 2.34. The van der Waals surface area contributed by atoms with Crippen LogP contribution in [0.25, 0.3) is 11.4 Å². The van der Waals surface area contributed by atoms with Crippen molar-refractivity contribution in [2.45, 2.75) is 32.1 Å². The first kappa shape index (κ1) is 19.4. The van der Waals surface area contributed by atoms with Crippen LogP contribution in [0.15, 0.2) is 72.4 Å². The molecule has 0 aliphatic carbocycles. The van der Waals surface area contributed by atoms with Crippen LogP contribution in [0, 0.1) is 4.77 Å². The van der Waals surface area contributed by atoms with Crippen LogP contribution in [0.5, 0.6) is 0 Å². The lowest BCUT2D eigenvalue weighted by Crippen LogP contribution is -2.26. The smallest absolute Gasteiger partial charge is 0.199 e. The van der Waals surface area contributed by atoms with Crippen molar-refractivity contribution in [3.05, 3.63) is 87.6 Å². The van der Waals surface area contributed by atoms with Gasteiger partial charge >= 0.3 is 0 Å². The Labute approximate surface area is 185 Å². The molecule has 3 aromatic heterocycles. The van der Waals surface area contributed by atoms with Crippen molar-refractivity contribution >= 4 is 23.6 Å². The second kappa shape index (κ2) is 8.63. The summed E-state index contributed by atoms with van der Waals surface area (Å²) >= 11 is 7.75. The maximum Gasteiger partial charge on any atom is 0.199 e. The Morgan fingerprint density at radius 2 is 1.87 bits per heavy atom. The molecule has 0 bridgehead atoms. The monoisotopic (exact) mass is 433 g/mol. The fourth-order valence-corrected chi connectivity index (χ4v) is 5.27. The predicted octanol–water partition coefficient (Wildman–Crippen LogP) is 5.38. The van der Waals surface area contributed by atoms with E-state index < -0.39 is 0 Å². The van der Waals surface area contributed by atoms with Crippen molar-refractivity contribution in [1.82, 2.24) is 24.2 Å². The first-order valence-electron chi connectivity index (χ1n) is 10.2. The number of hydrogen-bond donors (Lipinski definition) is 0. The van der Waals surface area contributed by atoms with Gasteiger partial charge in [-0.1, -0.05) is 36.4 Å². The third-order valence-electron chi connectivity index (χ3n) is 5.60. The van der Waals surface area contributed by atoms with Gasteiger partial charge in [0, 0.05) is 35.4 Å². The van der Waals surface area contributed by atoms with Crippen LogP contribution >= 0.6 is 23.6 Å². The van der Waals surface area contributed by atoms with E-state index in [-0.39, 0.29) is 0 Å². The van der Waals surface area contributed by atoms with Crippen molar-refractivity contribution in [3.8, 4) is 11.4 Å². The first-order valence-corrected chi connectivity index (χ1v) is 11.5. The first-order chi connectivity index (χ1) is 14.8. The molecule has 1 aromatic carbocycles. The molecule has 0 N–H and O–H groups in total. The highest BCUT2D eigenvalue weighted by molar-refractivity contribution is 7.71. The summed E-state index contributed by atoms with van der Waals surface area (Å²) in [6.45, 7) is 2.48. The quantitative estimate of drug-likeness (QED) is 0.383. The van der Waals surface area contributed by atoms with Gasteiger partial charge in [-0.25, -0.2) is 4.68 Å². The minimum Gasteiger partial charge on any atom is -0.295 e. The summed E-state index contributed by atoms with van der Waals surface area (Å²) in [7, 11) is 0. The molecule has 4 aromatic rings. The van der Waals surface area contributed by atoms with E-state index in [9.17, 15) is 0 Å². The highest BCUT2D eigenvalue weighted by Gasteiger charge is 2.28. The summed E-state index contributed by atoms with van der Waals surface area (Å²) in [5.41, 5.74) is 2.24. The van der Waals surface area contributed by atoms with Crippen LogP contribution in [-0.4, -0.2) is 30.8 Å². The van der Waals surface area contributed by atoms with Crippen molar-refractivity contribution < 1.29 is 0 Å². The number of hydrogen-bond acceptors (Lipinski definition) is 5. The minimum absolute atomic E-state index is 0.454. The molecule has 1 unspecified atom stereocenters. The topological polar surface area (TPSA) is 38.9 Å². The van der Waals surface area contributed by atoms with Gasteiger partial charge in [-0.3, -0.25) is 14.5 Å². The summed E-state index contributed by atoms with van der Waals surface area (Å²) in [6.07, 6.45) is 6.00. The molecular weight excluding hydrogens is 410 g/mol. The molecule has 0 radical (unpaired) electrons. The third-order valence-corrected chi connectivity index (χ3v) is 7.00. The Balaban J connectivity index is 1.50. The molecule has 1 aliphatic heterocycles. The van der Waals surface area contributed by atoms with Crippen LogP contribution in [0.1, 0.15) is 29.3 Å². The molecule has 30 heavy (non-hydrogen) atoms. The number of nitrogens with zero attached hydrogens (tertiary/aromatic N) is 5. The largest absolute Gasteiger partial charge is 0.295 e. The van der Waals surface area contributed by atoms with Gasteiger partial charge in [-0.15, -0.1) is 11.3 Å². The van der Waals surface area contributed by atoms with Crippen molar-refractivity contribution in [3.63, 3.8) is 0 Å². The van der Waals surface area contributed by atoms with Gasteiger partial charge in [0.05, 0.1) is 13.2 Å². The molecule has 5 nitrogen and oxygen atoms in total. The maximum absolute atomic E-state index is 5.91. The number of aromatic nitrogens is 4. The van der Waals surface area contributed by atoms with Crippen LogP contribution in [-0.2, 0) is 13.2 Å². The number of rotatable bonds is 6. The summed E-state index contributed by atoms with van der Waals surface area (Å²) in [5.74, 6) is 0.887. The van der Waals surface area contributed by atoms with E-state index in [1.807, 2.05) is 34.2 Å². The Hall–Kier alpha value is -2.61. The average molecular weight is 434 g/mol. The van der Waals surface area contributed by atoms with E-state index in [0.29, 0.717) is 19.3 Å². The zero-order valence-electron chi connectivity index (χ0n) is 16.6. The highest BCUT2D eigenvalue weighted by atomic mass is 32.1. The molecule has 1 fully saturated rings.